The van der Waals surface area contributed by atoms with Crippen molar-refractivity contribution >= 4 is 45.1 Å². The van der Waals surface area contributed by atoms with E-state index in [1.54, 1.807) is 24.6 Å². The molecule has 2 aromatic carbocycles. The van der Waals surface area contributed by atoms with Crippen molar-refractivity contribution in [2.75, 3.05) is 7.05 Å². The fourth-order valence-corrected chi connectivity index (χ4v) is 3.25. The van der Waals surface area contributed by atoms with Crippen molar-refractivity contribution in [1.82, 2.24) is 4.68 Å². The SMILES string of the molecule is CN=c1scc(-c2ccc(Br)cc2)n1/N=C\c1ccc(Cl)cc1. The third kappa shape index (κ3) is 3.80. The van der Waals surface area contributed by atoms with Crippen LogP contribution in [-0.4, -0.2) is 17.9 Å². The van der Waals surface area contributed by atoms with Gasteiger partial charge in [-0.05, 0) is 29.8 Å². The number of hydrogen-bond acceptors (Lipinski definition) is 3. The van der Waals surface area contributed by atoms with Gasteiger partial charge in [0.2, 0.25) is 4.80 Å². The Kier molecular flexibility index (Phi) is 5.10. The predicted octanol–water partition coefficient (Wildman–Crippen LogP) is 5.05. The molecule has 0 saturated carbocycles. The van der Waals surface area contributed by atoms with Gasteiger partial charge < -0.3 is 0 Å². The molecular weight excluding hydrogens is 394 g/mol. The Balaban J connectivity index is 2.02. The summed E-state index contributed by atoms with van der Waals surface area (Å²) < 4.78 is 2.90. The largest absolute Gasteiger partial charge is 0.261 e. The van der Waals surface area contributed by atoms with Gasteiger partial charge in [0.25, 0.3) is 0 Å². The number of halogens is 2. The maximum absolute atomic E-state index is 5.91. The van der Waals surface area contributed by atoms with E-state index in [0.717, 1.165) is 26.1 Å². The summed E-state index contributed by atoms with van der Waals surface area (Å²) in [7, 11) is 1.77. The van der Waals surface area contributed by atoms with E-state index in [2.05, 4.69) is 43.5 Å². The highest BCUT2D eigenvalue weighted by Gasteiger charge is 2.06. The topological polar surface area (TPSA) is 29.6 Å². The third-order valence-electron chi connectivity index (χ3n) is 3.21. The first-order chi connectivity index (χ1) is 11.2. The molecule has 3 rings (SSSR count). The first kappa shape index (κ1) is 16.2. The monoisotopic (exact) mass is 405 g/mol. The van der Waals surface area contributed by atoms with Crippen LogP contribution in [0.2, 0.25) is 5.02 Å². The van der Waals surface area contributed by atoms with Crippen molar-refractivity contribution < 1.29 is 0 Å². The molecular formula is C17H13BrClN3S. The minimum Gasteiger partial charge on any atom is -0.261 e. The lowest BCUT2D eigenvalue weighted by Crippen LogP contribution is -2.11. The van der Waals surface area contributed by atoms with E-state index in [1.807, 2.05) is 41.1 Å². The summed E-state index contributed by atoms with van der Waals surface area (Å²) in [5, 5.41) is 7.36. The van der Waals surface area contributed by atoms with Gasteiger partial charge >= 0.3 is 0 Å². The molecule has 0 bridgehead atoms. The van der Waals surface area contributed by atoms with Crippen molar-refractivity contribution in [2.45, 2.75) is 0 Å². The molecule has 0 aliphatic heterocycles. The van der Waals surface area contributed by atoms with Gasteiger partial charge in [-0.3, -0.25) is 4.99 Å². The highest BCUT2D eigenvalue weighted by atomic mass is 79.9. The van der Waals surface area contributed by atoms with Gasteiger partial charge in [-0.25, -0.2) is 4.68 Å². The summed E-state index contributed by atoms with van der Waals surface area (Å²) in [4.78, 5) is 5.14. The summed E-state index contributed by atoms with van der Waals surface area (Å²) in [6, 6.07) is 15.7. The molecule has 0 saturated heterocycles. The fraction of sp³-hybridized carbons (Fsp3) is 0.0588. The summed E-state index contributed by atoms with van der Waals surface area (Å²) in [5.41, 5.74) is 3.08. The molecule has 0 aliphatic rings. The molecule has 6 heteroatoms. The van der Waals surface area contributed by atoms with Gasteiger partial charge in [-0.15, -0.1) is 11.3 Å². The standard InChI is InChI=1S/C17H13BrClN3S/c1-20-17-22(21-10-12-2-8-15(19)9-3-12)16(11-23-17)13-4-6-14(18)7-5-13/h2-11H,1H3/b20-17?,21-10-. The number of rotatable bonds is 3. The second-order valence-corrected chi connectivity index (χ2v) is 6.93. The normalized spacial score (nSPS) is 12.2. The van der Waals surface area contributed by atoms with E-state index < -0.39 is 0 Å². The highest BCUT2D eigenvalue weighted by Crippen LogP contribution is 2.22. The van der Waals surface area contributed by atoms with E-state index >= 15 is 0 Å². The van der Waals surface area contributed by atoms with E-state index in [1.165, 1.54) is 0 Å². The molecule has 116 valence electrons. The molecule has 0 spiro atoms. The van der Waals surface area contributed by atoms with Gasteiger partial charge in [-0.2, -0.15) is 5.10 Å². The lowest BCUT2D eigenvalue weighted by Gasteiger charge is -2.03. The van der Waals surface area contributed by atoms with Crippen LogP contribution in [0.25, 0.3) is 11.3 Å². The second kappa shape index (κ2) is 7.25. The molecule has 0 atom stereocenters. The Bertz CT molecular complexity index is 893. The maximum Gasteiger partial charge on any atom is 0.205 e. The van der Waals surface area contributed by atoms with Gasteiger partial charge in [0.05, 0.1) is 11.9 Å². The zero-order valence-electron chi connectivity index (χ0n) is 12.3. The van der Waals surface area contributed by atoms with Crippen LogP contribution < -0.4 is 4.80 Å². The molecule has 0 radical (unpaired) electrons. The molecule has 0 N–H and O–H groups in total. The van der Waals surface area contributed by atoms with Gasteiger partial charge in [0.15, 0.2) is 0 Å². The molecule has 23 heavy (non-hydrogen) atoms. The lowest BCUT2D eigenvalue weighted by molar-refractivity contribution is 0.848. The second-order valence-electron chi connectivity index (χ2n) is 4.74. The van der Waals surface area contributed by atoms with Crippen molar-refractivity contribution in [3.63, 3.8) is 0 Å². The summed E-state index contributed by atoms with van der Waals surface area (Å²) >= 11 is 10.9. The Morgan fingerprint density at radius 2 is 1.78 bits per heavy atom. The highest BCUT2D eigenvalue weighted by molar-refractivity contribution is 9.10. The minimum atomic E-state index is 0.713. The third-order valence-corrected chi connectivity index (χ3v) is 4.90. The van der Waals surface area contributed by atoms with Gasteiger partial charge in [0.1, 0.15) is 0 Å². The van der Waals surface area contributed by atoms with Crippen LogP contribution in [0.4, 0.5) is 0 Å². The van der Waals surface area contributed by atoms with E-state index in [4.69, 9.17) is 11.6 Å². The predicted molar refractivity (Wildman–Crippen MR) is 101 cm³/mol. The molecule has 0 fully saturated rings. The fourth-order valence-electron chi connectivity index (χ4n) is 2.05. The summed E-state index contributed by atoms with van der Waals surface area (Å²) in [6.45, 7) is 0. The molecule has 0 aliphatic carbocycles. The minimum absolute atomic E-state index is 0.713. The van der Waals surface area contributed by atoms with Crippen LogP contribution in [0.5, 0.6) is 0 Å². The van der Waals surface area contributed by atoms with Crippen LogP contribution in [0.15, 0.2) is 68.5 Å². The van der Waals surface area contributed by atoms with Crippen LogP contribution in [-0.2, 0) is 0 Å². The Morgan fingerprint density at radius 1 is 1.09 bits per heavy atom. The summed E-state index contributed by atoms with van der Waals surface area (Å²) in [6.07, 6.45) is 1.81. The zero-order valence-corrected chi connectivity index (χ0v) is 15.4. The number of benzene rings is 2. The van der Waals surface area contributed by atoms with E-state index in [0.29, 0.717) is 5.02 Å². The van der Waals surface area contributed by atoms with E-state index in [9.17, 15) is 0 Å². The van der Waals surface area contributed by atoms with Crippen molar-refractivity contribution in [3.05, 3.63) is 73.8 Å². The van der Waals surface area contributed by atoms with Gasteiger partial charge in [0, 0.05) is 27.5 Å². The Morgan fingerprint density at radius 3 is 2.43 bits per heavy atom. The molecule has 1 aromatic heterocycles. The quantitative estimate of drug-likeness (QED) is 0.545. The van der Waals surface area contributed by atoms with Crippen LogP contribution in [0.1, 0.15) is 5.56 Å². The number of thiazole rings is 1. The van der Waals surface area contributed by atoms with Crippen molar-refractivity contribution in [3.8, 4) is 11.3 Å². The Labute approximate surface area is 151 Å². The molecule has 0 unspecified atom stereocenters. The zero-order chi connectivity index (χ0) is 16.2. The first-order valence-electron chi connectivity index (χ1n) is 6.86. The molecule has 3 aromatic rings. The number of hydrogen-bond donors (Lipinski definition) is 0. The molecule has 3 nitrogen and oxygen atoms in total. The molecule has 0 amide bonds. The smallest absolute Gasteiger partial charge is 0.205 e. The average molecular weight is 407 g/mol. The lowest BCUT2D eigenvalue weighted by atomic mass is 10.2. The van der Waals surface area contributed by atoms with Crippen molar-refractivity contribution in [1.29, 1.82) is 0 Å². The average Bonchev–Trinajstić information content (AvgIpc) is 2.98. The molecule has 1 heterocycles. The Hall–Kier alpha value is -1.69. The number of aromatic nitrogens is 1. The maximum atomic E-state index is 5.91. The van der Waals surface area contributed by atoms with Gasteiger partial charge in [-0.1, -0.05) is 51.8 Å². The summed E-state index contributed by atoms with van der Waals surface area (Å²) in [5.74, 6) is 0. The number of nitrogens with zero attached hydrogens (tertiary/aromatic N) is 3. The van der Waals surface area contributed by atoms with Crippen molar-refractivity contribution in [2.24, 2.45) is 10.1 Å². The van der Waals surface area contributed by atoms with Crippen LogP contribution >= 0.6 is 38.9 Å². The van der Waals surface area contributed by atoms with Crippen LogP contribution in [0.3, 0.4) is 0 Å². The first-order valence-corrected chi connectivity index (χ1v) is 8.91. The van der Waals surface area contributed by atoms with Crippen LogP contribution in [0, 0.1) is 0 Å². The van der Waals surface area contributed by atoms with E-state index in [-0.39, 0.29) is 0 Å².